The monoisotopic (exact) mass is 545 g/mol. The molecule has 0 atom stereocenters. The quantitative estimate of drug-likeness (QED) is 0.339. The van der Waals surface area contributed by atoms with Crippen molar-refractivity contribution in [3.05, 3.63) is 84.2 Å². The topological polar surface area (TPSA) is 114 Å². The molecule has 1 spiro atoms. The van der Waals surface area contributed by atoms with E-state index in [1.54, 1.807) is 36.4 Å². The van der Waals surface area contributed by atoms with Gasteiger partial charge in [-0.15, -0.1) is 0 Å². The lowest BCUT2D eigenvalue weighted by Crippen LogP contribution is -2.36. The van der Waals surface area contributed by atoms with E-state index < -0.39 is 43.7 Å². The number of hydrogen-bond acceptors (Lipinski definition) is 7. The Morgan fingerprint density at radius 3 is 2.26 bits per heavy atom. The largest absolute Gasteiger partial charge is 0.501 e. The van der Waals surface area contributed by atoms with Gasteiger partial charge in [-0.3, -0.25) is 9.78 Å². The SMILES string of the molecule is O=C(Oc1cnccc1CN1C(=O)N(c2ccc(S(=O)(=O)C(F)(F)F)cc2)C(=O)C12CC2)c1ccccc1. The van der Waals surface area contributed by atoms with Gasteiger partial charge < -0.3 is 9.64 Å². The number of carbonyl (C=O) groups excluding carboxylic acids is 3. The molecular weight excluding hydrogens is 527 g/mol. The zero-order valence-corrected chi connectivity index (χ0v) is 20.2. The minimum absolute atomic E-state index is 0.0691. The van der Waals surface area contributed by atoms with Gasteiger partial charge in [0.1, 0.15) is 5.54 Å². The molecule has 1 saturated heterocycles. The van der Waals surface area contributed by atoms with Crippen LogP contribution in [0.2, 0.25) is 0 Å². The second-order valence-corrected chi connectivity index (χ2v) is 10.7. The summed E-state index contributed by atoms with van der Waals surface area (Å²) in [6, 6.07) is 12.4. The molecule has 1 aromatic heterocycles. The van der Waals surface area contributed by atoms with Gasteiger partial charge in [-0.25, -0.2) is 22.9 Å². The molecule has 1 aliphatic heterocycles. The van der Waals surface area contributed by atoms with E-state index in [-0.39, 0.29) is 18.0 Å². The van der Waals surface area contributed by atoms with Crippen LogP contribution in [0, 0.1) is 0 Å². The van der Waals surface area contributed by atoms with Crippen LogP contribution in [-0.2, 0) is 21.2 Å². The number of anilines is 1. The first kappa shape index (κ1) is 25.4. The zero-order chi connectivity index (χ0) is 27.3. The summed E-state index contributed by atoms with van der Waals surface area (Å²) < 4.78 is 67.4. The van der Waals surface area contributed by atoms with E-state index in [0.717, 1.165) is 17.0 Å². The Labute approximate surface area is 214 Å². The van der Waals surface area contributed by atoms with Gasteiger partial charge in [0.25, 0.3) is 15.7 Å². The maximum absolute atomic E-state index is 13.4. The number of aromatic nitrogens is 1. The molecule has 0 unspecified atom stereocenters. The van der Waals surface area contributed by atoms with E-state index in [1.165, 1.54) is 17.3 Å². The number of pyridine rings is 1. The molecule has 1 saturated carbocycles. The number of amides is 3. The van der Waals surface area contributed by atoms with E-state index >= 15 is 0 Å². The van der Waals surface area contributed by atoms with Gasteiger partial charge in [-0.1, -0.05) is 18.2 Å². The number of hydrogen-bond donors (Lipinski definition) is 0. The fourth-order valence-corrected chi connectivity index (χ4v) is 4.97. The minimum Gasteiger partial charge on any atom is -0.421 e. The number of sulfone groups is 1. The average molecular weight is 545 g/mol. The predicted molar refractivity (Wildman–Crippen MR) is 126 cm³/mol. The van der Waals surface area contributed by atoms with Crippen molar-refractivity contribution < 1.29 is 40.7 Å². The van der Waals surface area contributed by atoms with Crippen molar-refractivity contribution >= 4 is 33.4 Å². The molecule has 2 aliphatic rings. The third kappa shape index (κ3) is 4.18. The highest BCUT2D eigenvalue weighted by molar-refractivity contribution is 7.92. The summed E-state index contributed by atoms with van der Waals surface area (Å²) in [6.07, 6.45) is 3.47. The molecule has 3 amide bonds. The summed E-state index contributed by atoms with van der Waals surface area (Å²) in [6.45, 7) is -0.110. The van der Waals surface area contributed by atoms with Gasteiger partial charge in [0.2, 0.25) is 0 Å². The number of imide groups is 1. The fraction of sp³-hybridized carbons (Fsp3) is 0.200. The average Bonchev–Trinajstić information content (AvgIpc) is 3.67. The second kappa shape index (κ2) is 8.94. The Morgan fingerprint density at radius 2 is 1.66 bits per heavy atom. The van der Waals surface area contributed by atoms with Gasteiger partial charge in [0.05, 0.1) is 28.9 Å². The molecule has 0 bridgehead atoms. The molecule has 38 heavy (non-hydrogen) atoms. The van der Waals surface area contributed by atoms with E-state index in [1.807, 2.05) is 0 Å². The Kier molecular flexibility index (Phi) is 5.97. The summed E-state index contributed by atoms with van der Waals surface area (Å²) in [4.78, 5) is 44.3. The van der Waals surface area contributed by atoms with Crippen LogP contribution in [0.3, 0.4) is 0 Å². The molecule has 2 fully saturated rings. The van der Waals surface area contributed by atoms with Crippen molar-refractivity contribution in [3.8, 4) is 5.75 Å². The highest BCUT2D eigenvalue weighted by atomic mass is 32.2. The number of urea groups is 1. The predicted octanol–water partition coefficient (Wildman–Crippen LogP) is 4.10. The molecule has 2 heterocycles. The standard InChI is InChI=1S/C25H18F3N3O6S/c26-25(27,28)38(35,36)19-8-6-18(7-9-19)31-22(33)24(11-12-24)30(23(31)34)15-17-10-13-29-14-20(17)37-21(32)16-4-2-1-3-5-16/h1-10,13-14H,11-12,15H2. The van der Waals surface area contributed by atoms with Crippen LogP contribution in [0.5, 0.6) is 5.75 Å². The van der Waals surface area contributed by atoms with Crippen LogP contribution >= 0.6 is 0 Å². The van der Waals surface area contributed by atoms with Crippen LogP contribution in [-0.4, -0.2) is 47.3 Å². The number of alkyl halides is 3. The molecular formula is C25H18F3N3O6S. The minimum atomic E-state index is -5.59. The number of rotatable bonds is 6. The lowest BCUT2D eigenvalue weighted by molar-refractivity contribution is -0.120. The molecule has 1 aliphatic carbocycles. The molecule has 9 nitrogen and oxygen atoms in total. The first-order valence-electron chi connectivity index (χ1n) is 11.2. The van der Waals surface area contributed by atoms with E-state index in [4.69, 9.17) is 4.74 Å². The van der Waals surface area contributed by atoms with Gasteiger partial charge in [-0.05, 0) is 55.3 Å². The number of ether oxygens (including phenoxy) is 1. The van der Waals surface area contributed by atoms with Crippen LogP contribution in [0.1, 0.15) is 28.8 Å². The number of esters is 1. The van der Waals surface area contributed by atoms with Crippen LogP contribution in [0.15, 0.2) is 78.0 Å². The number of carbonyl (C=O) groups is 3. The summed E-state index contributed by atoms with van der Waals surface area (Å²) in [7, 11) is -5.59. The highest BCUT2D eigenvalue weighted by Crippen LogP contribution is 2.50. The molecule has 2 aromatic carbocycles. The summed E-state index contributed by atoms with van der Waals surface area (Å²) in [5, 5.41) is 0. The van der Waals surface area contributed by atoms with Crippen molar-refractivity contribution in [1.82, 2.24) is 9.88 Å². The van der Waals surface area contributed by atoms with Crippen molar-refractivity contribution in [3.63, 3.8) is 0 Å². The summed E-state index contributed by atoms with van der Waals surface area (Å²) in [5.74, 6) is -1.12. The second-order valence-electron chi connectivity index (χ2n) is 8.72. The lowest BCUT2D eigenvalue weighted by atomic mass is 10.1. The number of nitrogens with zero attached hydrogens (tertiary/aromatic N) is 3. The van der Waals surface area contributed by atoms with E-state index in [0.29, 0.717) is 36.1 Å². The first-order chi connectivity index (χ1) is 18.0. The molecule has 3 aromatic rings. The van der Waals surface area contributed by atoms with E-state index in [2.05, 4.69) is 4.98 Å². The first-order valence-corrected chi connectivity index (χ1v) is 12.7. The molecule has 0 N–H and O–H groups in total. The Bertz CT molecular complexity index is 1540. The smallest absolute Gasteiger partial charge is 0.421 e. The van der Waals surface area contributed by atoms with Gasteiger partial charge in [0, 0.05) is 11.8 Å². The highest BCUT2D eigenvalue weighted by Gasteiger charge is 2.65. The van der Waals surface area contributed by atoms with E-state index in [9.17, 15) is 36.0 Å². The third-order valence-corrected chi connectivity index (χ3v) is 7.89. The van der Waals surface area contributed by atoms with Crippen molar-refractivity contribution in [2.24, 2.45) is 0 Å². The molecule has 0 radical (unpaired) electrons. The van der Waals surface area contributed by atoms with Gasteiger partial charge in [0.15, 0.2) is 5.75 Å². The van der Waals surface area contributed by atoms with Crippen LogP contribution in [0.4, 0.5) is 23.7 Å². The van der Waals surface area contributed by atoms with Gasteiger partial charge in [-0.2, -0.15) is 13.2 Å². The maximum atomic E-state index is 13.4. The number of benzene rings is 2. The third-order valence-electron chi connectivity index (χ3n) is 6.38. The van der Waals surface area contributed by atoms with Crippen molar-refractivity contribution in [2.45, 2.75) is 35.3 Å². The molecule has 196 valence electrons. The Hall–Kier alpha value is -4.26. The van der Waals surface area contributed by atoms with Crippen LogP contribution < -0.4 is 9.64 Å². The van der Waals surface area contributed by atoms with Crippen molar-refractivity contribution in [2.75, 3.05) is 4.90 Å². The Morgan fingerprint density at radius 1 is 1.00 bits per heavy atom. The van der Waals surface area contributed by atoms with Crippen LogP contribution in [0.25, 0.3) is 0 Å². The number of halogens is 3. The summed E-state index contributed by atoms with van der Waals surface area (Å²) >= 11 is 0. The lowest BCUT2D eigenvalue weighted by Gasteiger charge is -2.22. The fourth-order valence-electron chi connectivity index (χ4n) is 4.21. The molecule has 13 heteroatoms. The van der Waals surface area contributed by atoms with Crippen molar-refractivity contribution in [1.29, 1.82) is 0 Å². The zero-order valence-electron chi connectivity index (χ0n) is 19.4. The maximum Gasteiger partial charge on any atom is 0.501 e. The Balaban J connectivity index is 1.40. The van der Waals surface area contributed by atoms with Gasteiger partial charge >= 0.3 is 17.5 Å². The summed E-state index contributed by atoms with van der Waals surface area (Å²) in [5.41, 5.74) is -6.01. The molecule has 5 rings (SSSR count). The normalized spacial score (nSPS) is 16.7.